The number of nitrogens with one attached hydrogen (secondary N) is 1. The first-order valence-corrected chi connectivity index (χ1v) is 6.98. The van der Waals surface area contributed by atoms with Crippen LogP contribution in [-0.4, -0.2) is 23.5 Å². The van der Waals surface area contributed by atoms with Gasteiger partial charge in [-0.15, -0.1) is 0 Å². The monoisotopic (exact) mass is 292 g/mol. The molecule has 0 fully saturated rings. The summed E-state index contributed by atoms with van der Waals surface area (Å²) >= 11 is 0. The molecule has 6 heteroatoms. The molecular weight excluding hydrogens is 268 g/mol. The predicted molar refractivity (Wildman–Crippen MR) is 84.5 cm³/mol. The minimum Gasteiger partial charge on any atom is -0.409 e. The van der Waals surface area contributed by atoms with Crippen LogP contribution in [0.5, 0.6) is 0 Å². The second kappa shape index (κ2) is 7.52. The molecule has 0 heterocycles. The maximum absolute atomic E-state index is 11.1. The van der Waals surface area contributed by atoms with Crippen LogP contribution in [0, 0.1) is 5.41 Å². The Balaban J connectivity index is 2.35. The number of carbonyl (C=O) groups excluding carboxylic acids is 1. The number of oxime groups is 1. The number of benzene rings is 1. The van der Waals surface area contributed by atoms with E-state index in [-0.39, 0.29) is 11.3 Å². The zero-order chi connectivity index (χ0) is 15.9. The first kappa shape index (κ1) is 16.8. The molecule has 0 saturated carbocycles. The summed E-state index contributed by atoms with van der Waals surface area (Å²) in [4.78, 5) is 11.1. The zero-order valence-electron chi connectivity index (χ0n) is 12.6. The van der Waals surface area contributed by atoms with E-state index in [9.17, 15) is 4.79 Å². The molecule has 0 aliphatic heterocycles. The lowest BCUT2D eigenvalue weighted by Crippen LogP contribution is -2.31. The maximum Gasteiger partial charge on any atom is 0.248 e. The number of rotatable bonds is 8. The number of carbonyl (C=O) groups is 1. The van der Waals surface area contributed by atoms with Crippen LogP contribution in [0.3, 0.4) is 0 Å². The lowest BCUT2D eigenvalue weighted by molar-refractivity contribution is 0.100. The Bertz CT molecular complexity index is 512. The van der Waals surface area contributed by atoms with E-state index in [0.29, 0.717) is 5.56 Å². The summed E-state index contributed by atoms with van der Waals surface area (Å²) in [6.07, 6.45) is 2.74. The van der Waals surface area contributed by atoms with Crippen LogP contribution < -0.4 is 16.8 Å². The summed E-state index contributed by atoms with van der Waals surface area (Å²) in [7, 11) is 0. The van der Waals surface area contributed by atoms with Crippen LogP contribution in [0.2, 0.25) is 0 Å². The van der Waals surface area contributed by atoms with Gasteiger partial charge in [0.1, 0.15) is 5.84 Å². The second-order valence-corrected chi connectivity index (χ2v) is 5.70. The Hall–Kier alpha value is -2.24. The average molecular weight is 292 g/mol. The van der Waals surface area contributed by atoms with E-state index in [1.54, 1.807) is 18.2 Å². The molecule has 0 aromatic heterocycles. The molecule has 0 atom stereocenters. The van der Waals surface area contributed by atoms with Crippen molar-refractivity contribution in [2.75, 3.05) is 11.9 Å². The highest BCUT2D eigenvalue weighted by molar-refractivity contribution is 5.93. The summed E-state index contributed by atoms with van der Waals surface area (Å²) in [6.45, 7) is 4.69. The van der Waals surface area contributed by atoms with Gasteiger partial charge < -0.3 is 22.0 Å². The van der Waals surface area contributed by atoms with Gasteiger partial charge in [0.25, 0.3) is 0 Å². The van der Waals surface area contributed by atoms with E-state index in [1.807, 2.05) is 19.9 Å². The molecular formula is C15H24N4O2. The molecule has 6 N–H and O–H groups in total. The van der Waals surface area contributed by atoms with Crippen LogP contribution in [0.15, 0.2) is 29.4 Å². The van der Waals surface area contributed by atoms with Crippen LogP contribution in [0.1, 0.15) is 43.5 Å². The molecule has 0 spiro atoms. The lowest BCUT2D eigenvalue weighted by atomic mass is 9.86. The smallest absolute Gasteiger partial charge is 0.248 e. The molecule has 1 rings (SSSR count). The molecule has 1 amide bonds. The normalized spacial score (nSPS) is 12.2. The van der Waals surface area contributed by atoms with Crippen molar-refractivity contribution in [2.45, 2.75) is 33.1 Å². The van der Waals surface area contributed by atoms with Crippen molar-refractivity contribution in [1.82, 2.24) is 0 Å². The van der Waals surface area contributed by atoms with Crippen LogP contribution >= 0.6 is 0 Å². The molecule has 1 aromatic rings. The van der Waals surface area contributed by atoms with E-state index in [4.69, 9.17) is 16.7 Å². The molecule has 0 saturated heterocycles. The number of amides is 1. The molecule has 0 bridgehead atoms. The molecule has 0 unspecified atom stereocenters. The van der Waals surface area contributed by atoms with Crippen molar-refractivity contribution in [3.63, 3.8) is 0 Å². The fourth-order valence-electron chi connectivity index (χ4n) is 1.97. The molecule has 0 radical (unpaired) electrons. The summed E-state index contributed by atoms with van der Waals surface area (Å²) < 4.78 is 0. The molecule has 1 aromatic carbocycles. The van der Waals surface area contributed by atoms with E-state index in [0.717, 1.165) is 31.5 Å². The Labute approximate surface area is 125 Å². The van der Waals surface area contributed by atoms with Gasteiger partial charge in [-0.1, -0.05) is 31.5 Å². The first-order valence-electron chi connectivity index (χ1n) is 6.98. The van der Waals surface area contributed by atoms with Gasteiger partial charge in [0.05, 0.1) is 0 Å². The quantitative estimate of drug-likeness (QED) is 0.193. The third-order valence-corrected chi connectivity index (χ3v) is 3.51. The fraction of sp³-hybridized carbons (Fsp3) is 0.467. The first-order chi connectivity index (χ1) is 9.86. The number of hydrogen-bond acceptors (Lipinski definition) is 4. The molecule has 21 heavy (non-hydrogen) atoms. The van der Waals surface area contributed by atoms with Gasteiger partial charge in [-0.05, 0) is 31.0 Å². The SMILES string of the molecule is CC(C)(CCCCNc1cccc(C(N)=O)c1)/C(N)=N/O. The maximum atomic E-state index is 11.1. The van der Waals surface area contributed by atoms with Crippen molar-refractivity contribution in [3.8, 4) is 0 Å². The van der Waals surface area contributed by atoms with Gasteiger partial charge in [-0.2, -0.15) is 0 Å². The number of unbranched alkanes of at least 4 members (excludes halogenated alkanes) is 1. The highest BCUT2D eigenvalue weighted by Gasteiger charge is 2.22. The van der Waals surface area contributed by atoms with Crippen LogP contribution in [0.25, 0.3) is 0 Å². The Morgan fingerprint density at radius 3 is 2.67 bits per heavy atom. The minimum absolute atomic E-state index is 0.254. The van der Waals surface area contributed by atoms with Crippen molar-refractivity contribution in [2.24, 2.45) is 22.0 Å². The Morgan fingerprint density at radius 1 is 1.33 bits per heavy atom. The number of hydrogen-bond donors (Lipinski definition) is 4. The average Bonchev–Trinajstić information content (AvgIpc) is 2.46. The highest BCUT2D eigenvalue weighted by atomic mass is 16.4. The summed E-state index contributed by atoms with van der Waals surface area (Å²) in [5, 5.41) is 15.0. The van der Waals surface area contributed by atoms with Gasteiger partial charge in [-0.3, -0.25) is 4.79 Å². The second-order valence-electron chi connectivity index (χ2n) is 5.70. The Kier molecular flexibility index (Phi) is 6.02. The number of anilines is 1. The number of primary amides is 1. The van der Waals surface area contributed by atoms with Gasteiger partial charge >= 0.3 is 0 Å². The summed E-state index contributed by atoms with van der Waals surface area (Å²) in [5.74, 6) is -0.177. The van der Waals surface area contributed by atoms with Crippen molar-refractivity contribution < 1.29 is 10.0 Å². The van der Waals surface area contributed by atoms with Gasteiger partial charge in [0.2, 0.25) is 5.91 Å². The number of nitrogens with zero attached hydrogens (tertiary/aromatic N) is 1. The Morgan fingerprint density at radius 2 is 2.05 bits per heavy atom. The van der Waals surface area contributed by atoms with E-state index in [1.165, 1.54) is 0 Å². The van der Waals surface area contributed by atoms with Crippen LogP contribution in [-0.2, 0) is 0 Å². The van der Waals surface area contributed by atoms with Crippen molar-refractivity contribution in [1.29, 1.82) is 0 Å². The summed E-state index contributed by atoms with van der Waals surface area (Å²) in [6, 6.07) is 7.12. The largest absolute Gasteiger partial charge is 0.409 e. The molecule has 0 aliphatic rings. The molecule has 6 nitrogen and oxygen atoms in total. The van der Waals surface area contributed by atoms with Gasteiger partial charge in [-0.25, -0.2) is 0 Å². The van der Waals surface area contributed by atoms with E-state index in [2.05, 4.69) is 10.5 Å². The topological polar surface area (TPSA) is 114 Å². The van der Waals surface area contributed by atoms with Crippen molar-refractivity contribution >= 4 is 17.4 Å². The number of nitrogens with two attached hydrogens (primary N) is 2. The molecule has 116 valence electrons. The third-order valence-electron chi connectivity index (χ3n) is 3.51. The predicted octanol–water partition coefficient (Wildman–Crippen LogP) is 2.14. The van der Waals surface area contributed by atoms with E-state index >= 15 is 0 Å². The summed E-state index contributed by atoms with van der Waals surface area (Å²) in [5.41, 5.74) is 11.9. The van der Waals surface area contributed by atoms with Crippen molar-refractivity contribution in [3.05, 3.63) is 29.8 Å². The van der Waals surface area contributed by atoms with Gasteiger partial charge in [0, 0.05) is 23.2 Å². The fourth-order valence-corrected chi connectivity index (χ4v) is 1.97. The zero-order valence-corrected chi connectivity index (χ0v) is 12.6. The minimum atomic E-state index is -0.431. The van der Waals surface area contributed by atoms with Crippen LogP contribution in [0.4, 0.5) is 5.69 Å². The van der Waals surface area contributed by atoms with E-state index < -0.39 is 5.91 Å². The molecule has 0 aliphatic carbocycles. The third kappa shape index (κ3) is 5.33. The number of amidine groups is 1. The lowest BCUT2D eigenvalue weighted by Gasteiger charge is -2.22. The van der Waals surface area contributed by atoms with Gasteiger partial charge in [0.15, 0.2) is 0 Å². The standard InChI is InChI=1S/C15H24N4O2/c1-15(2,14(17)19-21)8-3-4-9-18-12-7-5-6-11(10-12)13(16)20/h5-7,10,18,21H,3-4,8-9H2,1-2H3,(H2,16,20)(H2,17,19). The highest BCUT2D eigenvalue weighted by Crippen LogP contribution is 2.23.